The van der Waals surface area contributed by atoms with E-state index >= 15 is 0 Å². The molecule has 1 aliphatic rings. The molecule has 0 spiro atoms. The number of hydrogen-bond donors (Lipinski definition) is 0. The van der Waals surface area contributed by atoms with Crippen molar-refractivity contribution in [3.05, 3.63) is 0 Å². The summed E-state index contributed by atoms with van der Waals surface area (Å²) >= 11 is 0. The highest BCUT2D eigenvalue weighted by atomic mass is 15.1. The van der Waals surface area contributed by atoms with Gasteiger partial charge in [0.25, 0.3) is 0 Å². The van der Waals surface area contributed by atoms with Gasteiger partial charge in [0.05, 0.1) is 0 Å². The fraction of sp³-hybridized carbons (Fsp3) is 0.800. The van der Waals surface area contributed by atoms with Crippen molar-refractivity contribution < 1.29 is 0 Å². The molecule has 1 rings (SSSR count). The average Bonchev–Trinajstić information content (AvgIpc) is 2.01. The lowest BCUT2D eigenvalue weighted by atomic mass is 10.0. The third kappa shape index (κ3) is 2.95. The van der Waals surface area contributed by atoms with Gasteiger partial charge in [-0.15, -0.1) is 12.3 Å². The first-order chi connectivity index (χ1) is 5.33. The number of hydrogen-bond acceptors (Lipinski definition) is 1. The van der Waals surface area contributed by atoms with E-state index < -0.39 is 0 Å². The van der Waals surface area contributed by atoms with Crippen LogP contribution >= 0.6 is 0 Å². The van der Waals surface area contributed by atoms with Crippen LogP contribution in [0.3, 0.4) is 0 Å². The van der Waals surface area contributed by atoms with E-state index in [4.69, 9.17) is 6.42 Å². The molecular formula is C10H17N. The molecule has 11 heavy (non-hydrogen) atoms. The highest BCUT2D eigenvalue weighted by molar-refractivity contribution is 4.85. The molecular weight excluding hydrogens is 134 g/mol. The maximum Gasteiger partial charge on any atom is 0.0214 e. The van der Waals surface area contributed by atoms with E-state index in [-0.39, 0.29) is 0 Å². The van der Waals surface area contributed by atoms with Gasteiger partial charge in [0.2, 0.25) is 0 Å². The molecule has 0 aromatic carbocycles. The highest BCUT2D eigenvalue weighted by Gasteiger charge is 2.14. The fourth-order valence-corrected chi connectivity index (χ4v) is 1.71. The summed E-state index contributed by atoms with van der Waals surface area (Å²) < 4.78 is 0. The number of terminal acetylenes is 1. The lowest BCUT2D eigenvalue weighted by molar-refractivity contribution is 0.188. The SMILES string of the molecule is C#CCCN1CCCC(C)C1. The summed E-state index contributed by atoms with van der Waals surface area (Å²) in [6, 6.07) is 0. The van der Waals surface area contributed by atoms with Crippen molar-refractivity contribution in [3.8, 4) is 12.3 Å². The molecule has 62 valence electrons. The predicted octanol–water partition coefficient (Wildman–Crippen LogP) is 1.74. The van der Waals surface area contributed by atoms with Gasteiger partial charge in [0, 0.05) is 19.5 Å². The molecule has 0 amide bonds. The standard InChI is InChI=1S/C10H17N/c1-3-4-7-11-8-5-6-10(2)9-11/h1,10H,4-9H2,2H3. The summed E-state index contributed by atoms with van der Waals surface area (Å²) in [4.78, 5) is 2.48. The lowest BCUT2D eigenvalue weighted by Crippen LogP contribution is -2.34. The van der Waals surface area contributed by atoms with Crippen LogP contribution in [-0.4, -0.2) is 24.5 Å². The van der Waals surface area contributed by atoms with E-state index in [0.29, 0.717) is 0 Å². The Bertz CT molecular complexity index is 145. The van der Waals surface area contributed by atoms with Crippen molar-refractivity contribution in [3.63, 3.8) is 0 Å². The van der Waals surface area contributed by atoms with Crippen molar-refractivity contribution in [1.29, 1.82) is 0 Å². The van der Waals surface area contributed by atoms with Gasteiger partial charge in [0.1, 0.15) is 0 Å². The molecule has 0 aromatic heterocycles. The minimum absolute atomic E-state index is 0.876. The molecule has 0 radical (unpaired) electrons. The summed E-state index contributed by atoms with van der Waals surface area (Å²) in [6.45, 7) is 5.93. The van der Waals surface area contributed by atoms with Gasteiger partial charge >= 0.3 is 0 Å². The van der Waals surface area contributed by atoms with Gasteiger partial charge in [-0.2, -0.15) is 0 Å². The van der Waals surface area contributed by atoms with E-state index in [2.05, 4.69) is 17.7 Å². The highest BCUT2D eigenvalue weighted by Crippen LogP contribution is 2.14. The van der Waals surface area contributed by atoms with E-state index in [1.165, 1.54) is 25.9 Å². The Hall–Kier alpha value is -0.480. The van der Waals surface area contributed by atoms with Crippen molar-refractivity contribution in [2.24, 2.45) is 5.92 Å². The largest absolute Gasteiger partial charge is 0.302 e. The predicted molar refractivity (Wildman–Crippen MR) is 48.3 cm³/mol. The first-order valence-electron chi connectivity index (χ1n) is 4.48. The van der Waals surface area contributed by atoms with Crippen molar-refractivity contribution >= 4 is 0 Å². The normalized spacial score (nSPS) is 26.4. The van der Waals surface area contributed by atoms with Crippen LogP contribution in [0.2, 0.25) is 0 Å². The van der Waals surface area contributed by atoms with Gasteiger partial charge in [-0.25, -0.2) is 0 Å². The Kier molecular flexibility index (Phi) is 3.45. The molecule has 0 aromatic rings. The lowest BCUT2D eigenvalue weighted by Gasteiger charge is -2.30. The van der Waals surface area contributed by atoms with Crippen LogP contribution in [0.5, 0.6) is 0 Å². The molecule has 1 heterocycles. The van der Waals surface area contributed by atoms with E-state index in [0.717, 1.165) is 18.9 Å². The zero-order chi connectivity index (χ0) is 8.10. The monoisotopic (exact) mass is 151 g/mol. The van der Waals surface area contributed by atoms with Gasteiger partial charge < -0.3 is 4.90 Å². The van der Waals surface area contributed by atoms with Crippen LogP contribution < -0.4 is 0 Å². The fourth-order valence-electron chi connectivity index (χ4n) is 1.71. The second-order valence-corrected chi connectivity index (χ2v) is 3.50. The Morgan fingerprint density at radius 2 is 2.45 bits per heavy atom. The molecule has 1 heteroatoms. The van der Waals surface area contributed by atoms with Crippen LogP contribution in [-0.2, 0) is 0 Å². The molecule has 0 N–H and O–H groups in total. The molecule has 0 saturated carbocycles. The quantitative estimate of drug-likeness (QED) is 0.543. The van der Waals surface area contributed by atoms with Crippen LogP contribution in [0.25, 0.3) is 0 Å². The second-order valence-electron chi connectivity index (χ2n) is 3.50. The average molecular weight is 151 g/mol. The molecule has 1 aliphatic heterocycles. The molecule has 1 atom stereocenters. The van der Waals surface area contributed by atoms with Crippen LogP contribution in [0.15, 0.2) is 0 Å². The second kappa shape index (κ2) is 4.41. The molecule has 1 nitrogen and oxygen atoms in total. The topological polar surface area (TPSA) is 3.24 Å². The molecule has 0 aliphatic carbocycles. The first kappa shape index (κ1) is 8.62. The summed E-state index contributed by atoms with van der Waals surface area (Å²) in [7, 11) is 0. The van der Waals surface area contributed by atoms with Crippen LogP contribution in [0, 0.1) is 18.3 Å². The van der Waals surface area contributed by atoms with Gasteiger partial charge in [-0.3, -0.25) is 0 Å². The summed E-state index contributed by atoms with van der Waals surface area (Å²) in [5.74, 6) is 3.56. The van der Waals surface area contributed by atoms with Crippen molar-refractivity contribution in [2.75, 3.05) is 19.6 Å². The Morgan fingerprint density at radius 3 is 3.09 bits per heavy atom. The molecule has 0 bridgehead atoms. The maximum absolute atomic E-state index is 5.20. The molecule has 1 fully saturated rings. The minimum atomic E-state index is 0.876. The molecule has 1 saturated heterocycles. The van der Waals surface area contributed by atoms with Crippen molar-refractivity contribution in [2.45, 2.75) is 26.2 Å². The summed E-state index contributed by atoms with van der Waals surface area (Å²) in [5, 5.41) is 0. The third-order valence-electron chi connectivity index (χ3n) is 2.31. The Labute approximate surface area is 69.8 Å². The summed E-state index contributed by atoms with van der Waals surface area (Å²) in [6.07, 6.45) is 8.86. The number of likely N-dealkylation sites (tertiary alicyclic amines) is 1. The van der Waals surface area contributed by atoms with Gasteiger partial charge in [-0.1, -0.05) is 6.92 Å². The Morgan fingerprint density at radius 1 is 1.64 bits per heavy atom. The zero-order valence-electron chi connectivity index (χ0n) is 7.34. The maximum atomic E-state index is 5.20. The molecule has 1 unspecified atom stereocenters. The van der Waals surface area contributed by atoms with E-state index in [9.17, 15) is 0 Å². The number of piperidine rings is 1. The van der Waals surface area contributed by atoms with E-state index in [1.54, 1.807) is 0 Å². The third-order valence-corrected chi connectivity index (χ3v) is 2.31. The Balaban J connectivity index is 2.18. The van der Waals surface area contributed by atoms with Crippen LogP contribution in [0.4, 0.5) is 0 Å². The summed E-state index contributed by atoms with van der Waals surface area (Å²) in [5.41, 5.74) is 0. The van der Waals surface area contributed by atoms with Crippen LogP contribution in [0.1, 0.15) is 26.2 Å². The number of rotatable bonds is 2. The number of nitrogens with zero attached hydrogens (tertiary/aromatic N) is 1. The minimum Gasteiger partial charge on any atom is -0.302 e. The van der Waals surface area contributed by atoms with Gasteiger partial charge in [0.15, 0.2) is 0 Å². The zero-order valence-corrected chi connectivity index (χ0v) is 7.34. The van der Waals surface area contributed by atoms with Crippen molar-refractivity contribution in [1.82, 2.24) is 4.90 Å². The van der Waals surface area contributed by atoms with Gasteiger partial charge in [-0.05, 0) is 25.3 Å². The smallest absolute Gasteiger partial charge is 0.0214 e. The first-order valence-corrected chi connectivity index (χ1v) is 4.48. The van der Waals surface area contributed by atoms with E-state index in [1.807, 2.05) is 0 Å².